The summed E-state index contributed by atoms with van der Waals surface area (Å²) in [6.45, 7) is 6.03. The average Bonchev–Trinajstić information content (AvgIpc) is 3.84. The van der Waals surface area contributed by atoms with Crippen molar-refractivity contribution in [1.29, 1.82) is 0 Å². The molecule has 0 atom stereocenters. The first-order chi connectivity index (χ1) is 24.2. The van der Waals surface area contributed by atoms with Gasteiger partial charge in [0, 0.05) is 35.0 Å². The van der Waals surface area contributed by atoms with Crippen LogP contribution in [0.3, 0.4) is 0 Å². The number of aromatic nitrogens is 4. The van der Waals surface area contributed by atoms with Crippen LogP contribution in [0.1, 0.15) is 13.8 Å². The highest BCUT2D eigenvalue weighted by Crippen LogP contribution is 2.46. The zero-order valence-corrected chi connectivity index (χ0v) is 27.3. The SMILES string of the molecule is CCn1c(-c2c3ccccc3c(-c3ccc4oc5cccc(-c6nc7ccccc7n6CC)c5c4c3)c3ccccc23)nc2ccccc21. The molecule has 0 unspecified atom stereocenters. The van der Waals surface area contributed by atoms with Crippen molar-refractivity contribution in [2.24, 2.45) is 0 Å². The van der Waals surface area contributed by atoms with Crippen molar-refractivity contribution < 1.29 is 4.42 Å². The third kappa shape index (κ3) is 3.99. The van der Waals surface area contributed by atoms with E-state index in [1.807, 2.05) is 0 Å². The highest BCUT2D eigenvalue weighted by Gasteiger charge is 2.23. The zero-order chi connectivity index (χ0) is 32.6. The number of hydrogen-bond donors (Lipinski definition) is 0. The van der Waals surface area contributed by atoms with Gasteiger partial charge in [0.05, 0.1) is 22.1 Å². The number of nitrogens with zero attached hydrogens (tertiary/aromatic N) is 4. The third-order valence-electron chi connectivity index (χ3n) is 10.1. The molecule has 49 heavy (non-hydrogen) atoms. The Balaban J connectivity index is 1.27. The smallest absolute Gasteiger partial charge is 0.142 e. The van der Waals surface area contributed by atoms with Crippen LogP contribution < -0.4 is 0 Å². The van der Waals surface area contributed by atoms with Gasteiger partial charge in [0.2, 0.25) is 0 Å². The third-order valence-corrected chi connectivity index (χ3v) is 10.1. The molecular weight excluding hydrogens is 601 g/mol. The molecule has 5 nitrogen and oxygen atoms in total. The van der Waals surface area contributed by atoms with E-state index < -0.39 is 0 Å². The number of imidazole rings is 2. The molecule has 0 fully saturated rings. The molecule has 0 aliphatic carbocycles. The lowest BCUT2D eigenvalue weighted by Gasteiger charge is -2.18. The number of aryl methyl sites for hydroxylation is 2. The molecule has 234 valence electrons. The van der Waals surface area contributed by atoms with Gasteiger partial charge in [-0.2, -0.15) is 0 Å². The molecule has 0 saturated carbocycles. The van der Waals surface area contributed by atoms with E-state index in [0.717, 1.165) is 79.9 Å². The number of hydrogen-bond acceptors (Lipinski definition) is 3. The first-order valence-corrected chi connectivity index (χ1v) is 17.0. The quantitative estimate of drug-likeness (QED) is 0.177. The van der Waals surface area contributed by atoms with Gasteiger partial charge >= 0.3 is 0 Å². The Morgan fingerprint density at radius 1 is 0.490 bits per heavy atom. The number of fused-ring (bicyclic) bond motifs is 7. The van der Waals surface area contributed by atoms with E-state index in [1.165, 1.54) is 32.7 Å². The lowest BCUT2D eigenvalue weighted by atomic mass is 9.87. The standard InChI is InChI=1S/C44H32N4O/c1-3-47-36-21-11-9-19-34(36)45-43(47)32-18-13-23-39-41(32)33-26-27(24-25-38(33)49-39)40-28-14-5-7-16-30(28)42(31-17-8-6-15-29(31)40)44-46-35-20-10-12-22-37(35)48(44)4-2/h5-26H,3-4H2,1-2H3. The van der Waals surface area contributed by atoms with Crippen LogP contribution in [0.4, 0.5) is 0 Å². The molecule has 3 aromatic heterocycles. The maximum atomic E-state index is 6.51. The van der Waals surface area contributed by atoms with Crippen LogP contribution in [0.5, 0.6) is 0 Å². The Morgan fingerprint density at radius 3 is 1.67 bits per heavy atom. The highest BCUT2D eigenvalue weighted by atomic mass is 16.3. The van der Waals surface area contributed by atoms with E-state index in [0.29, 0.717) is 0 Å². The predicted molar refractivity (Wildman–Crippen MR) is 203 cm³/mol. The summed E-state index contributed by atoms with van der Waals surface area (Å²) < 4.78 is 11.2. The summed E-state index contributed by atoms with van der Waals surface area (Å²) in [5, 5.41) is 6.96. The maximum Gasteiger partial charge on any atom is 0.142 e. The maximum absolute atomic E-state index is 6.51. The van der Waals surface area contributed by atoms with Crippen LogP contribution in [0.15, 0.2) is 138 Å². The molecule has 0 amide bonds. The molecule has 0 aliphatic rings. The van der Waals surface area contributed by atoms with Gasteiger partial charge < -0.3 is 13.6 Å². The van der Waals surface area contributed by atoms with Gasteiger partial charge in [-0.25, -0.2) is 9.97 Å². The Hall–Kier alpha value is -6.20. The molecule has 10 rings (SSSR count). The molecule has 0 saturated heterocycles. The van der Waals surface area contributed by atoms with Crippen LogP contribution in [0, 0.1) is 0 Å². The minimum Gasteiger partial charge on any atom is -0.456 e. The minimum absolute atomic E-state index is 0.823. The van der Waals surface area contributed by atoms with Gasteiger partial charge in [0.1, 0.15) is 22.8 Å². The van der Waals surface area contributed by atoms with E-state index >= 15 is 0 Å². The summed E-state index contributed by atoms with van der Waals surface area (Å²) >= 11 is 0. The van der Waals surface area contributed by atoms with Crippen LogP contribution in [-0.2, 0) is 13.1 Å². The summed E-state index contributed by atoms with van der Waals surface area (Å²) in [6.07, 6.45) is 0. The molecule has 3 heterocycles. The second kappa shape index (κ2) is 10.7. The Kier molecular flexibility index (Phi) is 6.06. The minimum atomic E-state index is 0.823. The molecule has 0 spiro atoms. The molecule has 0 bridgehead atoms. The van der Waals surface area contributed by atoms with Crippen molar-refractivity contribution in [2.45, 2.75) is 26.9 Å². The fourth-order valence-corrected chi connectivity index (χ4v) is 8.04. The summed E-state index contributed by atoms with van der Waals surface area (Å²) in [4.78, 5) is 10.4. The van der Waals surface area contributed by atoms with Gasteiger partial charge in [0.15, 0.2) is 0 Å². The summed E-state index contributed by atoms with van der Waals surface area (Å²) in [5.41, 5.74) is 10.7. The first kappa shape index (κ1) is 27.9. The van der Waals surface area contributed by atoms with Crippen LogP contribution in [-0.4, -0.2) is 19.1 Å². The van der Waals surface area contributed by atoms with Crippen molar-refractivity contribution in [1.82, 2.24) is 19.1 Å². The average molecular weight is 633 g/mol. The van der Waals surface area contributed by atoms with Gasteiger partial charge in [-0.3, -0.25) is 0 Å². The van der Waals surface area contributed by atoms with Crippen molar-refractivity contribution in [3.63, 3.8) is 0 Å². The highest BCUT2D eigenvalue weighted by molar-refractivity contribution is 6.22. The van der Waals surface area contributed by atoms with E-state index in [9.17, 15) is 0 Å². The monoisotopic (exact) mass is 632 g/mol. The molecule has 10 aromatic rings. The summed E-state index contributed by atoms with van der Waals surface area (Å²) in [5.74, 6) is 1.96. The second-order valence-corrected chi connectivity index (χ2v) is 12.7. The van der Waals surface area contributed by atoms with Crippen molar-refractivity contribution in [2.75, 3.05) is 0 Å². The predicted octanol–water partition coefficient (Wildman–Crippen LogP) is 11.6. The van der Waals surface area contributed by atoms with E-state index in [2.05, 4.69) is 156 Å². The number of furan rings is 1. The Morgan fingerprint density at radius 2 is 1.04 bits per heavy atom. The summed E-state index contributed by atoms with van der Waals surface area (Å²) in [6, 6.07) is 47.4. The fraction of sp³-hybridized carbons (Fsp3) is 0.0909. The van der Waals surface area contributed by atoms with Crippen molar-refractivity contribution in [3.8, 4) is 33.9 Å². The fourth-order valence-electron chi connectivity index (χ4n) is 8.04. The van der Waals surface area contributed by atoms with E-state index in [1.54, 1.807) is 0 Å². The van der Waals surface area contributed by atoms with Crippen LogP contribution in [0.25, 0.3) is 99.5 Å². The first-order valence-electron chi connectivity index (χ1n) is 17.0. The zero-order valence-electron chi connectivity index (χ0n) is 27.3. The van der Waals surface area contributed by atoms with E-state index in [4.69, 9.17) is 14.4 Å². The molecule has 5 heteroatoms. The molecule has 0 aliphatic heterocycles. The normalized spacial score (nSPS) is 12.0. The lowest BCUT2D eigenvalue weighted by Crippen LogP contribution is -1.99. The molecular formula is C44H32N4O. The van der Waals surface area contributed by atoms with Gasteiger partial charge in [-0.05, 0) is 89.0 Å². The molecule has 0 N–H and O–H groups in total. The van der Waals surface area contributed by atoms with Gasteiger partial charge in [-0.15, -0.1) is 0 Å². The van der Waals surface area contributed by atoms with Gasteiger partial charge in [-0.1, -0.05) is 91.0 Å². The Bertz CT molecular complexity index is 2870. The largest absolute Gasteiger partial charge is 0.456 e. The topological polar surface area (TPSA) is 48.8 Å². The molecule has 7 aromatic carbocycles. The number of rotatable bonds is 5. The van der Waals surface area contributed by atoms with Gasteiger partial charge in [0.25, 0.3) is 0 Å². The van der Waals surface area contributed by atoms with Crippen LogP contribution in [0.2, 0.25) is 0 Å². The lowest BCUT2D eigenvalue weighted by molar-refractivity contribution is 0.669. The summed E-state index contributed by atoms with van der Waals surface area (Å²) in [7, 11) is 0. The van der Waals surface area contributed by atoms with Crippen molar-refractivity contribution in [3.05, 3.63) is 133 Å². The Labute approximate surface area is 282 Å². The van der Waals surface area contributed by atoms with Crippen LogP contribution >= 0.6 is 0 Å². The number of benzene rings is 7. The van der Waals surface area contributed by atoms with E-state index in [-0.39, 0.29) is 0 Å². The second-order valence-electron chi connectivity index (χ2n) is 12.7. The van der Waals surface area contributed by atoms with Crippen molar-refractivity contribution >= 4 is 65.6 Å². The molecule has 0 radical (unpaired) electrons. The number of para-hydroxylation sites is 4.